The number of likely N-dealkylation sites (N-methyl/N-ethyl adjacent to an activating group) is 1. The highest BCUT2D eigenvalue weighted by Gasteiger charge is 2.12. The van der Waals surface area contributed by atoms with Crippen molar-refractivity contribution in [3.05, 3.63) is 35.9 Å². The molecule has 22 heavy (non-hydrogen) atoms. The molecule has 1 aromatic rings. The smallest absolute Gasteiger partial charge is 0.191 e. The van der Waals surface area contributed by atoms with Crippen LogP contribution >= 0.6 is 24.0 Å². The van der Waals surface area contributed by atoms with E-state index in [1.807, 2.05) is 0 Å². The molecule has 0 amide bonds. The van der Waals surface area contributed by atoms with E-state index in [1.165, 1.54) is 5.56 Å². The average molecular weight is 418 g/mol. The second kappa shape index (κ2) is 11.7. The zero-order valence-electron chi connectivity index (χ0n) is 14.5. The third-order valence-corrected chi connectivity index (χ3v) is 3.27. The number of rotatable bonds is 7. The second-order valence-corrected chi connectivity index (χ2v) is 5.83. The van der Waals surface area contributed by atoms with Crippen LogP contribution in [-0.2, 0) is 6.42 Å². The van der Waals surface area contributed by atoms with Crippen molar-refractivity contribution in [3.63, 3.8) is 0 Å². The number of guanidine groups is 1. The van der Waals surface area contributed by atoms with Gasteiger partial charge in [-0.3, -0.25) is 4.99 Å². The van der Waals surface area contributed by atoms with E-state index in [2.05, 4.69) is 80.7 Å². The summed E-state index contributed by atoms with van der Waals surface area (Å²) in [6.07, 6.45) is 1.01. The SMILES string of the molecule is CCNC(=NCC(Cc1ccccc1)N(C)C)NC(C)C.I. The highest BCUT2D eigenvalue weighted by molar-refractivity contribution is 14.0. The third-order valence-electron chi connectivity index (χ3n) is 3.27. The Morgan fingerprint density at radius 2 is 1.82 bits per heavy atom. The molecule has 1 rings (SSSR count). The average Bonchev–Trinajstić information content (AvgIpc) is 2.43. The largest absolute Gasteiger partial charge is 0.357 e. The van der Waals surface area contributed by atoms with Crippen LogP contribution in [-0.4, -0.2) is 50.1 Å². The Bertz CT molecular complexity index is 418. The summed E-state index contributed by atoms with van der Waals surface area (Å²) in [5.74, 6) is 0.896. The Hall–Kier alpha value is -0.820. The van der Waals surface area contributed by atoms with Crippen LogP contribution in [0, 0.1) is 0 Å². The van der Waals surface area contributed by atoms with Crippen molar-refractivity contribution in [2.24, 2.45) is 4.99 Å². The zero-order chi connectivity index (χ0) is 15.7. The molecule has 0 aliphatic rings. The number of hydrogen-bond donors (Lipinski definition) is 2. The van der Waals surface area contributed by atoms with Gasteiger partial charge in [-0.1, -0.05) is 30.3 Å². The first kappa shape index (κ1) is 21.2. The molecule has 0 spiro atoms. The highest BCUT2D eigenvalue weighted by atomic mass is 127. The van der Waals surface area contributed by atoms with E-state index in [-0.39, 0.29) is 24.0 Å². The molecule has 0 bridgehead atoms. The van der Waals surface area contributed by atoms with E-state index in [1.54, 1.807) is 0 Å². The Morgan fingerprint density at radius 3 is 2.32 bits per heavy atom. The van der Waals surface area contributed by atoms with Crippen LogP contribution in [0.3, 0.4) is 0 Å². The minimum atomic E-state index is 0. The summed E-state index contributed by atoms with van der Waals surface area (Å²) in [5.41, 5.74) is 1.35. The summed E-state index contributed by atoms with van der Waals surface area (Å²) in [6, 6.07) is 11.4. The van der Waals surface area contributed by atoms with E-state index in [0.29, 0.717) is 12.1 Å². The van der Waals surface area contributed by atoms with Gasteiger partial charge in [0.25, 0.3) is 0 Å². The van der Waals surface area contributed by atoms with Gasteiger partial charge in [-0.2, -0.15) is 0 Å². The van der Waals surface area contributed by atoms with Crippen molar-refractivity contribution < 1.29 is 0 Å². The molecule has 0 aliphatic carbocycles. The molecule has 0 fully saturated rings. The molecule has 1 aromatic carbocycles. The molecule has 0 saturated carbocycles. The minimum Gasteiger partial charge on any atom is -0.357 e. The van der Waals surface area contributed by atoms with E-state index in [0.717, 1.165) is 25.5 Å². The Balaban J connectivity index is 0.00000441. The normalized spacial score (nSPS) is 13.0. The molecule has 0 heterocycles. The fraction of sp³-hybridized carbons (Fsp3) is 0.588. The molecule has 4 nitrogen and oxygen atoms in total. The van der Waals surface area contributed by atoms with E-state index in [9.17, 15) is 0 Å². The van der Waals surface area contributed by atoms with E-state index >= 15 is 0 Å². The predicted octanol–water partition coefficient (Wildman–Crippen LogP) is 2.74. The lowest BCUT2D eigenvalue weighted by Gasteiger charge is -2.23. The first-order valence-corrected chi connectivity index (χ1v) is 7.78. The number of nitrogens with one attached hydrogen (secondary N) is 2. The predicted molar refractivity (Wildman–Crippen MR) is 107 cm³/mol. The van der Waals surface area contributed by atoms with Gasteiger partial charge in [-0.05, 0) is 46.9 Å². The van der Waals surface area contributed by atoms with Crippen molar-refractivity contribution in [1.29, 1.82) is 0 Å². The first-order chi connectivity index (χ1) is 10.0. The molecule has 0 radical (unpaired) electrons. The molecule has 5 heteroatoms. The van der Waals surface area contributed by atoms with Crippen LogP contribution in [0.2, 0.25) is 0 Å². The standard InChI is InChI=1S/C17H30N4.HI/c1-6-18-17(20-14(2)3)19-13-16(21(4)5)12-15-10-8-7-9-11-15;/h7-11,14,16H,6,12-13H2,1-5H3,(H2,18,19,20);1H. The molecular formula is C17H31IN4. The van der Waals surface area contributed by atoms with Crippen LogP contribution in [0.15, 0.2) is 35.3 Å². The maximum Gasteiger partial charge on any atom is 0.191 e. The number of aliphatic imine (C=N–C) groups is 1. The number of benzene rings is 1. The fourth-order valence-corrected chi connectivity index (χ4v) is 2.09. The molecule has 0 aliphatic heterocycles. The summed E-state index contributed by atoms with van der Waals surface area (Å²) in [6.45, 7) is 8.00. The summed E-state index contributed by atoms with van der Waals surface area (Å²) in [4.78, 5) is 6.97. The molecule has 1 unspecified atom stereocenters. The van der Waals surface area contributed by atoms with Gasteiger partial charge >= 0.3 is 0 Å². The summed E-state index contributed by atoms with van der Waals surface area (Å²) in [7, 11) is 4.23. The summed E-state index contributed by atoms with van der Waals surface area (Å²) in [5, 5.41) is 6.65. The van der Waals surface area contributed by atoms with Crippen LogP contribution in [0.25, 0.3) is 0 Å². The summed E-state index contributed by atoms with van der Waals surface area (Å²) < 4.78 is 0. The van der Waals surface area contributed by atoms with Crippen LogP contribution in [0.1, 0.15) is 26.3 Å². The Morgan fingerprint density at radius 1 is 1.18 bits per heavy atom. The van der Waals surface area contributed by atoms with E-state index in [4.69, 9.17) is 4.99 Å². The monoisotopic (exact) mass is 418 g/mol. The van der Waals surface area contributed by atoms with Gasteiger partial charge in [0.05, 0.1) is 6.54 Å². The van der Waals surface area contributed by atoms with Gasteiger partial charge in [0.2, 0.25) is 0 Å². The Kier molecular flexibility index (Phi) is 11.3. The minimum absolute atomic E-state index is 0. The van der Waals surface area contributed by atoms with Crippen LogP contribution in [0.5, 0.6) is 0 Å². The molecular weight excluding hydrogens is 387 g/mol. The van der Waals surface area contributed by atoms with Gasteiger partial charge in [0, 0.05) is 18.6 Å². The molecule has 0 saturated heterocycles. The maximum atomic E-state index is 4.72. The van der Waals surface area contributed by atoms with Gasteiger partial charge in [0.15, 0.2) is 5.96 Å². The molecule has 1 atom stereocenters. The number of nitrogens with zero attached hydrogens (tertiary/aromatic N) is 2. The van der Waals surface area contributed by atoms with Gasteiger partial charge in [-0.25, -0.2) is 0 Å². The number of halogens is 1. The van der Waals surface area contributed by atoms with Crippen LogP contribution < -0.4 is 10.6 Å². The van der Waals surface area contributed by atoms with Crippen molar-refractivity contribution in [2.45, 2.75) is 39.3 Å². The van der Waals surface area contributed by atoms with Gasteiger partial charge in [0.1, 0.15) is 0 Å². The topological polar surface area (TPSA) is 39.7 Å². The van der Waals surface area contributed by atoms with Crippen LogP contribution in [0.4, 0.5) is 0 Å². The van der Waals surface area contributed by atoms with Crippen molar-refractivity contribution >= 4 is 29.9 Å². The molecule has 2 N–H and O–H groups in total. The third kappa shape index (κ3) is 8.58. The lowest BCUT2D eigenvalue weighted by molar-refractivity contribution is 0.298. The zero-order valence-corrected chi connectivity index (χ0v) is 16.8. The first-order valence-electron chi connectivity index (χ1n) is 7.78. The second-order valence-electron chi connectivity index (χ2n) is 5.83. The molecule has 126 valence electrons. The van der Waals surface area contributed by atoms with E-state index < -0.39 is 0 Å². The maximum absolute atomic E-state index is 4.72. The van der Waals surface area contributed by atoms with Crippen molar-refractivity contribution in [3.8, 4) is 0 Å². The van der Waals surface area contributed by atoms with Gasteiger partial charge < -0.3 is 15.5 Å². The number of hydrogen-bond acceptors (Lipinski definition) is 2. The van der Waals surface area contributed by atoms with Crippen molar-refractivity contribution in [2.75, 3.05) is 27.2 Å². The quantitative estimate of drug-likeness (QED) is 0.407. The fourth-order valence-electron chi connectivity index (χ4n) is 2.09. The lowest BCUT2D eigenvalue weighted by Crippen LogP contribution is -2.42. The molecule has 0 aromatic heterocycles. The lowest BCUT2D eigenvalue weighted by atomic mass is 10.1. The van der Waals surface area contributed by atoms with Gasteiger partial charge in [-0.15, -0.1) is 24.0 Å². The highest BCUT2D eigenvalue weighted by Crippen LogP contribution is 2.07. The Labute approximate surface area is 152 Å². The van der Waals surface area contributed by atoms with Crippen molar-refractivity contribution in [1.82, 2.24) is 15.5 Å². The summed E-state index contributed by atoms with van der Waals surface area (Å²) >= 11 is 0.